The molecule has 104 valence electrons. The van der Waals surface area contributed by atoms with E-state index >= 15 is 0 Å². The van der Waals surface area contributed by atoms with Gasteiger partial charge in [0.15, 0.2) is 0 Å². The number of nitrogens with one attached hydrogen (secondary N) is 1. The predicted octanol–water partition coefficient (Wildman–Crippen LogP) is 1.68. The minimum absolute atomic E-state index is 0.0127. The normalized spacial score (nSPS) is 17.2. The van der Waals surface area contributed by atoms with Crippen molar-refractivity contribution in [3.05, 3.63) is 35.4 Å². The van der Waals surface area contributed by atoms with Gasteiger partial charge in [0.25, 0.3) is 5.91 Å². The number of carbonyl (C=O) groups excluding carboxylic acids is 1. The number of amides is 1. The highest BCUT2D eigenvalue weighted by atomic mass is 19.4. The summed E-state index contributed by atoms with van der Waals surface area (Å²) in [5.74, 6) is -0.548. The first-order valence-corrected chi connectivity index (χ1v) is 5.78. The topological polar surface area (TPSA) is 41.6 Å². The lowest BCUT2D eigenvalue weighted by Gasteiger charge is -2.27. The van der Waals surface area contributed by atoms with E-state index in [4.69, 9.17) is 4.74 Å². The Labute approximate surface area is 108 Å². The summed E-state index contributed by atoms with van der Waals surface area (Å²) in [7, 11) is 0. The quantitative estimate of drug-likeness (QED) is 0.892. The first-order valence-electron chi connectivity index (χ1n) is 5.78. The van der Waals surface area contributed by atoms with Crippen molar-refractivity contribution in [2.75, 3.05) is 26.3 Å². The van der Waals surface area contributed by atoms with Crippen LogP contribution >= 0.6 is 0 Å². The lowest BCUT2D eigenvalue weighted by atomic mass is 10.1. The molecule has 0 spiro atoms. The smallest absolute Gasteiger partial charge is 0.379 e. The van der Waals surface area contributed by atoms with Crippen molar-refractivity contribution in [1.29, 1.82) is 0 Å². The van der Waals surface area contributed by atoms with Crippen molar-refractivity contribution in [2.24, 2.45) is 0 Å². The standard InChI is InChI=1S/C12H13F3N2O2/c13-12(14,15)10-3-1-2-9(8-10)11(18)16-17-4-6-19-7-5-17/h1-3,8H,4-7H2,(H,16,18). The molecule has 1 saturated heterocycles. The minimum Gasteiger partial charge on any atom is -0.379 e. The molecule has 1 aromatic carbocycles. The number of morpholine rings is 1. The summed E-state index contributed by atoms with van der Waals surface area (Å²) >= 11 is 0. The van der Waals surface area contributed by atoms with Gasteiger partial charge in [0.2, 0.25) is 0 Å². The molecule has 1 fully saturated rings. The number of halogens is 3. The molecule has 0 radical (unpaired) electrons. The Kier molecular flexibility index (Phi) is 4.06. The number of alkyl halides is 3. The zero-order chi connectivity index (χ0) is 13.9. The van der Waals surface area contributed by atoms with Crippen LogP contribution in [0.3, 0.4) is 0 Å². The van der Waals surface area contributed by atoms with Crippen molar-refractivity contribution in [3.8, 4) is 0 Å². The Balaban J connectivity index is 2.06. The van der Waals surface area contributed by atoms with E-state index in [1.54, 1.807) is 5.01 Å². The Morgan fingerprint density at radius 2 is 1.95 bits per heavy atom. The third-order valence-corrected chi connectivity index (χ3v) is 2.72. The Hall–Kier alpha value is -1.60. The molecule has 0 bridgehead atoms. The van der Waals surface area contributed by atoms with Crippen molar-refractivity contribution in [3.63, 3.8) is 0 Å². The highest BCUT2D eigenvalue weighted by Gasteiger charge is 2.31. The van der Waals surface area contributed by atoms with Crippen molar-refractivity contribution in [1.82, 2.24) is 10.4 Å². The van der Waals surface area contributed by atoms with Crippen LogP contribution in [-0.2, 0) is 10.9 Å². The molecular formula is C12H13F3N2O2. The van der Waals surface area contributed by atoms with Gasteiger partial charge in [0, 0.05) is 18.7 Å². The van der Waals surface area contributed by atoms with Gasteiger partial charge in [0.1, 0.15) is 0 Å². The predicted molar refractivity (Wildman–Crippen MR) is 61.3 cm³/mol. The molecule has 1 aliphatic rings. The van der Waals surface area contributed by atoms with Crippen LogP contribution in [-0.4, -0.2) is 37.2 Å². The molecule has 0 unspecified atom stereocenters. The van der Waals surface area contributed by atoms with Crippen LogP contribution in [0.2, 0.25) is 0 Å². The Bertz CT molecular complexity index is 457. The fourth-order valence-electron chi connectivity index (χ4n) is 1.72. The Morgan fingerprint density at radius 1 is 1.26 bits per heavy atom. The fraction of sp³-hybridized carbons (Fsp3) is 0.417. The second-order valence-electron chi connectivity index (χ2n) is 4.12. The van der Waals surface area contributed by atoms with E-state index in [-0.39, 0.29) is 5.56 Å². The highest BCUT2D eigenvalue weighted by molar-refractivity contribution is 5.94. The number of hydrogen-bond donors (Lipinski definition) is 1. The highest BCUT2D eigenvalue weighted by Crippen LogP contribution is 2.29. The summed E-state index contributed by atoms with van der Waals surface area (Å²) in [5, 5.41) is 1.63. The second kappa shape index (κ2) is 5.58. The van der Waals surface area contributed by atoms with Crippen molar-refractivity contribution in [2.45, 2.75) is 6.18 Å². The van der Waals surface area contributed by atoms with Crippen LogP contribution in [0.4, 0.5) is 13.2 Å². The van der Waals surface area contributed by atoms with Crippen LogP contribution in [0.25, 0.3) is 0 Å². The third-order valence-electron chi connectivity index (χ3n) is 2.72. The summed E-state index contributed by atoms with van der Waals surface area (Å²) in [6.45, 7) is 2.02. The molecule has 0 aromatic heterocycles. The maximum Gasteiger partial charge on any atom is 0.416 e. The summed E-state index contributed by atoms with van der Waals surface area (Å²) in [6.07, 6.45) is -4.45. The molecule has 19 heavy (non-hydrogen) atoms. The van der Waals surface area contributed by atoms with E-state index in [0.29, 0.717) is 26.3 Å². The number of rotatable bonds is 2. The molecule has 0 aliphatic carbocycles. The largest absolute Gasteiger partial charge is 0.416 e. The van der Waals surface area contributed by atoms with E-state index in [2.05, 4.69) is 5.43 Å². The van der Waals surface area contributed by atoms with Gasteiger partial charge in [-0.15, -0.1) is 0 Å². The number of hydrazine groups is 1. The molecule has 1 heterocycles. The SMILES string of the molecule is O=C(NN1CCOCC1)c1cccc(C(F)(F)F)c1. The summed E-state index contributed by atoms with van der Waals surface area (Å²) in [4.78, 5) is 11.8. The van der Waals surface area contributed by atoms with Crippen molar-refractivity contribution >= 4 is 5.91 Å². The molecule has 0 atom stereocenters. The van der Waals surface area contributed by atoms with E-state index in [1.807, 2.05) is 0 Å². The number of ether oxygens (including phenoxy) is 1. The van der Waals surface area contributed by atoms with Gasteiger partial charge in [-0.05, 0) is 18.2 Å². The number of hydrogen-bond acceptors (Lipinski definition) is 3. The first kappa shape index (κ1) is 13.8. The number of nitrogens with zero attached hydrogens (tertiary/aromatic N) is 1. The fourth-order valence-corrected chi connectivity index (χ4v) is 1.72. The molecule has 1 N–H and O–H groups in total. The summed E-state index contributed by atoms with van der Waals surface area (Å²) in [5.41, 5.74) is 1.72. The zero-order valence-corrected chi connectivity index (χ0v) is 10.0. The third kappa shape index (κ3) is 3.68. The Morgan fingerprint density at radius 3 is 2.58 bits per heavy atom. The summed E-state index contributed by atoms with van der Waals surface area (Å²) in [6, 6.07) is 4.35. The first-order chi connectivity index (χ1) is 8.97. The van der Waals surface area contributed by atoms with E-state index in [9.17, 15) is 18.0 Å². The van der Waals surface area contributed by atoms with Gasteiger partial charge in [-0.25, -0.2) is 5.01 Å². The lowest BCUT2D eigenvalue weighted by Crippen LogP contribution is -2.48. The molecule has 1 aliphatic heterocycles. The van der Waals surface area contributed by atoms with Gasteiger partial charge in [-0.2, -0.15) is 13.2 Å². The average molecular weight is 274 g/mol. The van der Waals surface area contributed by atoms with E-state index in [0.717, 1.165) is 12.1 Å². The maximum atomic E-state index is 12.5. The van der Waals surface area contributed by atoms with Crippen LogP contribution in [0.5, 0.6) is 0 Å². The van der Waals surface area contributed by atoms with Gasteiger partial charge < -0.3 is 4.74 Å². The molecule has 1 amide bonds. The molecular weight excluding hydrogens is 261 g/mol. The second-order valence-corrected chi connectivity index (χ2v) is 4.12. The van der Waals surface area contributed by atoms with Gasteiger partial charge in [-0.3, -0.25) is 10.2 Å². The van der Waals surface area contributed by atoms with Gasteiger partial charge >= 0.3 is 6.18 Å². The number of benzene rings is 1. The van der Waals surface area contributed by atoms with Crippen molar-refractivity contribution < 1.29 is 22.7 Å². The molecule has 7 heteroatoms. The monoisotopic (exact) mass is 274 g/mol. The van der Waals surface area contributed by atoms with Crippen LogP contribution in [0, 0.1) is 0 Å². The zero-order valence-electron chi connectivity index (χ0n) is 10.0. The van der Waals surface area contributed by atoms with E-state index < -0.39 is 17.6 Å². The maximum absolute atomic E-state index is 12.5. The van der Waals surface area contributed by atoms with Crippen LogP contribution < -0.4 is 5.43 Å². The molecule has 2 rings (SSSR count). The van der Waals surface area contributed by atoms with Gasteiger partial charge in [0.05, 0.1) is 18.8 Å². The minimum atomic E-state index is -4.45. The molecule has 4 nitrogen and oxygen atoms in total. The molecule has 1 aromatic rings. The van der Waals surface area contributed by atoms with Crippen LogP contribution in [0.15, 0.2) is 24.3 Å². The van der Waals surface area contributed by atoms with Crippen LogP contribution in [0.1, 0.15) is 15.9 Å². The number of carbonyl (C=O) groups is 1. The lowest BCUT2D eigenvalue weighted by molar-refractivity contribution is -0.137. The van der Waals surface area contributed by atoms with E-state index in [1.165, 1.54) is 12.1 Å². The molecule has 0 saturated carbocycles. The average Bonchev–Trinajstić information content (AvgIpc) is 2.39. The van der Waals surface area contributed by atoms with Gasteiger partial charge in [-0.1, -0.05) is 6.07 Å². The summed E-state index contributed by atoms with van der Waals surface area (Å²) < 4.78 is 42.7.